The Kier molecular flexibility index (Phi) is 3.07. The lowest BCUT2D eigenvalue weighted by atomic mass is 10.5. The number of hydrogen-bond donors (Lipinski definition) is 1. The highest BCUT2D eigenvalue weighted by Gasteiger charge is 2.00. The van der Waals surface area contributed by atoms with Gasteiger partial charge in [0, 0.05) is 13.2 Å². The highest BCUT2D eigenvalue weighted by Crippen LogP contribution is 2.01. The summed E-state index contributed by atoms with van der Waals surface area (Å²) in [6, 6.07) is 0. The standard InChI is InChI=1S/C7H12N2O2/c1-2-10-5-7-9-6(3-8)4-11-7/h4H,2-3,5,8H2,1H3. The van der Waals surface area contributed by atoms with Crippen LogP contribution in [0.5, 0.6) is 0 Å². The van der Waals surface area contributed by atoms with Crippen molar-refractivity contribution < 1.29 is 9.15 Å². The molecule has 0 amide bonds. The Balaban J connectivity index is 2.44. The van der Waals surface area contributed by atoms with Crippen LogP contribution in [0.15, 0.2) is 10.7 Å². The molecule has 1 rings (SSSR count). The van der Waals surface area contributed by atoms with Crippen LogP contribution in [0.25, 0.3) is 0 Å². The third-order valence-corrected chi connectivity index (χ3v) is 1.24. The minimum atomic E-state index is 0.412. The minimum absolute atomic E-state index is 0.412. The second kappa shape index (κ2) is 4.10. The van der Waals surface area contributed by atoms with Crippen molar-refractivity contribution in [2.24, 2.45) is 5.73 Å². The summed E-state index contributed by atoms with van der Waals surface area (Å²) in [7, 11) is 0. The molecule has 0 radical (unpaired) electrons. The monoisotopic (exact) mass is 156 g/mol. The Labute approximate surface area is 65.4 Å². The Bertz CT molecular complexity index is 210. The maximum absolute atomic E-state index is 5.33. The number of ether oxygens (including phenoxy) is 1. The fraction of sp³-hybridized carbons (Fsp3) is 0.571. The molecule has 0 bridgehead atoms. The molecule has 0 unspecified atom stereocenters. The number of oxazole rings is 1. The van der Waals surface area contributed by atoms with Gasteiger partial charge in [0.2, 0.25) is 5.89 Å². The lowest BCUT2D eigenvalue weighted by Gasteiger charge is -1.93. The van der Waals surface area contributed by atoms with Crippen LogP contribution in [-0.4, -0.2) is 11.6 Å². The molecule has 4 heteroatoms. The molecule has 0 aliphatic rings. The molecule has 11 heavy (non-hydrogen) atoms. The third-order valence-electron chi connectivity index (χ3n) is 1.24. The van der Waals surface area contributed by atoms with Gasteiger partial charge in [0.1, 0.15) is 12.9 Å². The van der Waals surface area contributed by atoms with Gasteiger partial charge in [-0.1, -0.05) is 0 Å². The van der Waals surface area contributed by atoms with Crippen LogP contribution in [0, 0.1) is 0 Å². The first kappa shape index (κ1) is 8.23. The summed E-state index contributed by atoms with van der Waals surface area (Å²) in [5.74, 6) is 0.590. The maximum Gasteiger partial charge on any atom is 0.220 e. The molecule has 0 aromatic carbocycles. The first-order chi connectivity index (χ1) is 5.36. The molecule has 0 fully saturated rings. The van der Waals surface area contributed by atoms with Gasteiger partial charge in [-0.25, -0.2) is 4.98 Å². The zero-order valence-electron chi connectivity index (χ0n) is 6.54. The molecular formula is C7H12N2O2. The Morgan fingerprint density at radius 1 is 1.73 bits per heavy atom. The van der Waals surface area contributed by atoms with E-state index in [2.05, 4.69) is 4.98 Å². The van der Waals surface area contributed by atoms with Gasteiger partial charge in [0.25, 0.3) is 0 Å². The SMILES string of the molecule is CCOCc1nc(CN)co1. The van der Waals surface area contributed by atoms with Crippen molar-refractivity contribution >= 4 is 0 Å². The number of nitrogens with two attached hydrogens (primary N) is 1. The molecular weight excluding hydrogens is 144 g/mol. The topological polar surface area (TPSA) is 61.3 Å². The van der Waals surface area contributed by atoms with Gasteiger partial charge in [0.15, 0.2) is 0 Å². The normalized spacial score (nSPS) is 10.4. The second-order valence-electron chi connectivity index (χ2n) is 2.07. The van der Waals surface area contributed by atoms with Crippen LogP contribution in [0.1, 0.15) is 18.5 Å². The molecule has 0 aliphatic carbocycles. The predicted molar refractivity (Wildman–Crippen MR) is 39.7 cm³/mol. The zero-order chi connectivity index (χ0) is 8.10. The van der Waals surface area contributed by atoms with Gasteiger partial charge < -0.3 is 14.9 Å². The third kappa shape index (κ3) is 2.32. The summed E-state index contributed by atoms with van der Waals surface area (Å²) in [4.78, 5) is 4.05. The molecule has 0 saturated heterocycles. The van der Waals surface area contributed by atoms with Gasteiger partial charge in [-0.3, -0.25) is 0 Å². The highest BCUT2D eigenvalue weighted by atomic mass is 16.5. The quantitative estimate of drug-likeness (QED) is 0.696. The van der Waals surface area contributed by atoms with Crippen molar-refractivity contribution in [3.63, 3.8) is 0 Å². The summed E-state index contributed by atoms with van der Waals surface area (Å²) in [6.07, 6.45) is 1.55. The number of rotatable bonds is 4. The lowest BCUT2D eigenvalue weighted by Crippen LogP contribution is -1.97. The average molecular weight is 156 g/mol. The summed E-state index contributed by atoms with van der Waals surface area (Å²) in [6.45, 7) is 3.43. The molecule has 1 aromatic rings. The first-order valence-corrected chi connectivity index (χ1v) is 3.58. The number of hydrogen-bond acceptors (Lipinski definition) is 4. The van der Waals surface area contributed by atoms with E-state index in [1.807, 2.05) is 6.92 Å². The van der Waals surface area contributed by atoms with Gasteiger partial charge in [-0.15, -0.1) is 0 Å². The second-order valence-corrected chi connectivity index (χ2v) is 2.07. The van der Waals surface area contributed by atoms with E-state index in [0.717, 1.165) is 5.69 Å². The van der Waals surface area contributed by atoms with Crippen LogP contribution < -0.4 is 5.73 Å². The summed E-state index contributed by atoms with van der Waals surface area (Å²) < 4.78 is 10.1. The van der Waals surface area contributed by atoms with Crippen molar-refractivity contribution in [3.8, 4) is 0 Å². The van der Waals surface area contributed by atoms with Gasteiger partial charge in [-0.05, 0) is 6.92 Å². The van der Waals surface area contributed by atoms with E-state index in [-0.39, 0.29) is 0 Å². The fourth-order valence-electron chi connectivity index (χ4n) is 0.698. The lowest BCUT2D eigenvalue weighted by molar-refractivity contribution is 0.114. The van der Waals surface area contributed by atoms with Gasteiger partial charge in [-0.2, -0.15) is 0 Å². The predicted octanol–water partition coefficient (Wildman–Crippen LogP) is 0.670. The molecule has 1 heterocycles. The average Bonchev–Trinajstić information content (AvgIpc) is 2.48. The van der Waals surface area contributed by atoms with Crippen molar-refractivity contribution in [2.45, 2.75) is 20.1 Å². The fourth-order valence-corrected chi connectivity index (χ4v) is 0.698. The minimum Gasteiger partial charge on any atom is -0.446 e. The van der Waals surface area contributed by atoms with Crippen LogP contribution in [-0.2, 0) is 17.9 Å². The van der Waals surface area contributed by atoms with E-state index in [9.17, 15) is 0 Å². The molecule has 1 aromatic heterocycles. The van der Waals surface area contributed by atoms with Crippen molar-refractivity contribution in [2.75, 3.05) is 6.61 Å². The van der Waals surface area contributed by atoms with Crippen molar-refractivity contribution in [3.05, 3.63) is 17.8 Å². The number of nitrogens with zero attached hydrogens (tertiary/aromatic N) is 1. The molecule has 4 nitrogen and oxygen atoms in total. The van der Waals surface area contributed by atoms with E-state index in [1.54, 1.807) is 6.26 Å². The molecule has 0 aliphatic heterocycles. The Morgan fingerprint density at radius 3 is 3.09 bits per heavy atom. The maximum atomic E-state index is 5.33. The van der Waals surface area contributed by atoms with Crippen molar-refractivity contribution in [1.82, 2.24) is 4.98 Å². The van der Waals surface area contributed by atoms with E-state index in [4.69, 9.17) is 14.9 Å². The summed E-state index contributed by atoms with van der Waals surface area (Å²) >= 11 is 0. The van der Waals surface area contributed by atoms with Crippen LogP contribution in [0.4, 0.5) is 0 Å². The molecule has 0 spiro atoms. The van der Waals surface area contributed by atoms with Gasteiger partial charge >= 0.3 is 0 Å². The van der Waals surface area contributed by atoms with Gasteiger partial charge in [0.05, 0.1) is 5.69 Å². The summed E-state index contributed by atoms with van der Waals surface area (Å²) in [5, 5.41) is 0. The van der Waals surface area contributed by atoms with Crippen LogP contribution in [0.2, 0.25) is 0 Å². The van der Waals surface area contributed by atoms with E-state index < -0.39 is 0 Å². The van der Waals surface area contributed by atoms with E-state index in [1.165, 1.54) is 0 Å². The zero-order valence-corrected chi connectivity index (χ0v) is 6.54. The van der Waals surface area contributed by atoms with E-state index in [0.29, 0.717) is 25.6 Å². The smallest absolute Gasteiger partial charge is 0.220 e. The highest BCUT2D eigenvalue weighted by molar-refractivity contribution is 4.94. The Hall–Kier alpha value is -0.870. The van der Waals surface area contributed by atoms with Crippen LogP contribution in [0.3, 0.4) is 0 Å². The van der Waals surface area contributed by atoms with E-state index >= 15 is 0 Å². The molecule has 62 valence electrons. The first-order valence-electron chi connectivity index (χ1n) is 3.58. The Morgan fingerprint density at radius 2 is 2.55 bits per heavy atom. The number of aromatic nitrogens is 1. The van der Waals surface area contributed by atoms with Crippen LogP contribution >= 0.6 is 0 Å². The van der Waals surface area contributed by atoms with Crippen molar-refractivity contribution in [1.29, 1.82) is 0 Å². The molecule has 2 N–H and O–H groups in total. The summed E-state index contributed by atoms with van der Waals surface area (Å²) in [5.41, 5.74) is 6.09. The molecule has 0 saturated carbocycles. The molecule has 0 atom stereocenters. The largest absolute Gasteiger partial charge is 0.446 e.